The fourth-order valence-corrected chi connectivity index (χ4v) is 10.5. The Kier molecular flexibility index (Phi) is 25.8. The number of hydrogen-bond acceptors (Lipinski definition) is 5. The van der Waals surface area contributed by atoms with E-state index in [4.69, 9.17) is 16.2 Å². The minimum atomic E-state index is -0.134. The highest BCUT2D eigenvalue weighted by Gasteiger charge is 2.59. The highest BCUT2D eigenvalue weighted by molar-refractivity contribution is 5.86. The van der Waals surface area contributed by atoms with Gasteiger partial charge in [-0.05, 0) is 143 Å². The first kappa shape index (κ1) is 51.4. The summed E-state index contributed by atoms with van der Waals surface area (Å²) in [5, 5.41) is 3.44. The lowest BCUT2D eigenvalue weighted by Gasteiger charge is -2.58. The van der Waals surface area contributed by atoms with Crippen LogP contribution in [0, 0.1) is 46.3 Å². The lowest BCUT2D eigenvalue weighted by molar-refractivity contribution is -0.0593. The molecule has 3 fully saturated rings. The number of ether oxygens (including phenoxy) is 1. The van der Waals surface area contributed by atoms with Crippen LogP contribution in [-0.4, -0.2) is 56.4 Å². The average molecular weight is 797 g/mol. The number of carbonyl (C=O) groups excluding carboxylic acids is 1. The molecule has 0 heterocycles. The zero-order chi connectivity index (χ0) is 31.7. The summed E-state index contributed by atoms with van der Waals surface area (Å²) in [7, 11) is 0. The van der Waals surface area contributed by atoms with Crippen LogP contribution < -0.4 is 16.8 Å². The molecule has 8 unspecified atom stereocenters. The van der Waals surface area contributed by atoms with Crippen LogP contribution >= 0.6 is 62.0 Å². The molecule has 0 spiro atoms. The first-order valence-corrected chi connectivity index (χ1v) is 18.9. The van der Waals surface area contributed by atoms with Gasteiger partial charge < -0.3 is 26.4 Å². The molecule has 11 heteroatoms. The molecule has 0 saturated heterocycles. The van der Waals surface area contributed by atoms with E-state index >= 15 is 0 Å². The topological polar surface area (TPSA) is 93.6 Å². The third-order valence-electron chi connectivity index (χ3n) is 13.0. The van der Waals surface area contributed by atoms with Gasteiger partial charge in [0.25, 0.3) is 0 Å². The molecular formula is C38H75Cl5N4O2. The van der Waals surface area contributed by atoms with Crippen LogP contribution in [-0.2, 0) is 4.74 Å². The van der Waals surface area contributed by atoms with Crippen LogP contribution in [0.15, 0.2) is 11.6 Å². The predicted molar refractivity (Wildman–Crippen MR) is 221 cm³/mol. The number of amides is 1. The Morgan fingerprint density at radius 2 is 1.53 bits per heavy atom. The zero-order valence-electron chi connectivity index (χ0n) is 31.4. The third-order valence-corrected chi connectivity index (χ3v) is 13.0. The van der Waals surface area contributed by atoms with Gasteiger partial charge in [-0.3, -0.25) is 0 Å². The van der Waals surface area contributed by atoms with E-state index < -0.39 is 0 Å². The molecule has 8 atom stereocenters. The lowest BCUT2D eigenvalue weighted by atomic mass is 9.47. The van der Waals surface area contributed by atoms with Crippen LogP contribution in [0.5, 0.6) is 0 Å². The maximum Gasteiger partial charge on any atom is 0.410 e. The van der Waals surface area contributed by atoms with Crippen LogP contribution in [0.3, 0.4) is 0 Å². The molecule has 0 aliphatic heterocycles. The fraction of sp³-hybridized carbons (Fsp3) is 0.921. The Labute approximate surface area is 332 Å². The molecule has 294 valence electrons. The SMILES string of the molecule is CC(C)CCCC(C)C1CCC2C3CC=C4CC(OC(=O)N(CCCN)CCCCNCCCN)CCC4(C)C3CCC12C.Cl.Cl.Cl.Cl.Cl. The van der Waals surface area contributed by atoms with Crippen molar-refractivity contribution in [3.8, 4) is 0 Å². The van der Waals surface area contributed by atoms with Crippen molar-refractivity contribution in [3.05, 3.63) is 11.6 Å². The van der Waals surface area contributed by atoms with E-state index in [1.54, 1.807) is 5.57 Å². The van der Waals surface area contributed by atoms with Gasteiger partial charge in [0.05, 0.1) is 0 Å². The quantitative estimate of drug-likeness (QED) is 0.101. The van der Waals surface area contributed by atoms with Crippen LogP contribution in [0.1, 0.15) is 131 Å². The lowest BCUT2D eigenvalue weighted by Crippen LogP contribution is -2.51. The third kappa shape index (κ3) is 13.0. The maximum absolute atomic E-state index is 13.3. The zero-order valence-corrected chi connectivity index (χ0v) is 35.5. The number of unbranched alkanes of at least 4 members (excludes halogenated alkanes) is 1. The molecule has 5 N–H and O–H groups in total. The minimum absolute atomic E-state index is 0. The number of nitrogens with two attached hydrogens (primary N) is 2. The van der Waals surface area contributed by atoms with Crippen molar-refractivity contribution in [1.82, 2.24) is 10.2 Å². The van der Waals surface area contributed by atoms with Crippen molar-refractivity contribution in [2.75, 3.05) is 39.3 Å². The molecular weight excluding hydrogens is 722 g/mol. The molecule has 6 nitrogen and oxygen atoms in total. The fourth-order valence-electron chi connectivity index (χ4n) is 10.5. The van der Waals surface area contributed by atoms with Gasteiger partial charge in [0.2, 0.25) is 0 Å². The average Bonchev–Trinajstić information content (AvgIpc) is 3.35. The van der Waals surface area contributed by atoms with Gasteiger partial charge in [-0.1, -0.05) is 65.5 Å². The first-order chi connectivity index (χ1) is 21.1. The van der Waals surface area contributed by atoms with Gasteiger partial charge in [0.1, 0.15) is 6.10 Å². The molecule has 4 aliphatic rings. The summed E-state index contributed by atoms with van der Waals surface area (Å²) in [6.45, 7) is 17.3. The maximum atomic E-state index is 13.3. The van der Waals surface area contributed by atoms with Crippen molar-refractivity contribution in [1.29, 1.82) is 0 Å². The molecule has 49 heavy (non-hydrogen) atoms. The standard InChI is InChI=1S/C38H70N4O2.5ClH/c1-28(2)11-8-12-29(3)33-15-16-34-32-14-13-30-27-31(17-19-37(30,4)35(32)18-20-38(33,34)5)44-36(43)42(26-10-22-40)25-7-6-23-41-24-9-21-39;;;;;/h13,28-29,31-35,41H,6-12,14-27,39-40H2,1-5H3;5*1H. The first-order valence-electron chi connectivity index (χ1n) is 18.9. The smallest absolute Gasteiger partial charge is 0.410 e. The minimum Gasteiger partial charge on any atom is -0.446 e. The number of nitrogens with one attached hydrogen (secondary N) is 1. The molecule has 1 amide bonds. The summed E-state index contributed by atoms with van der Waals surface area (Å²) >= 11 is 0. The Hall–Kier alpha value is 0.340. The number of hydrogen-bond donors (Lipinski definition) is 3. The Bertz CT molecular complexity index is 946. The second-order valence-electron chi connectivity index (χ2n) is 16.3. The molecule has 0 aromatic rings. The number of carbonyl (C=O) groups is 1. The summed E-state index contributed by atoms with van der Waals surface area (Å²) in [5.41, 5.74) is 13.8. The predicted octanol–water partition coefficient (Wildman–Crippen LogP) is 10.0. The van der Waals surface area contributed by atoms with Crippen molar-refractivity contribution in [2.24, 2.45) is 57.8 Å². The van der Waals surface area contributed by atoms with Gasteiger partial charge in [-0.15, -0.1) is 62.0 Å². The van der Waals surface area contributed by atoms with E-state index in [1.807, 2.05) is 4.90 Å². The summed E-state index contributed by atoms with van der Waals surface area (Å²) in [6.07, 6.45) is 20.6. The van der Waals surface area contributed by atoms with Crippen molar-refractivity contribution >= 4 is 68.1 Å². The second kappa shape index (κ2) is 24.6. The number of rotatable bonds is 17. The number of fused-ring (bicyclic) bond motifs is 5. The number of nitrogens with zero attached hydrogens (tertiary/aromatic N) is 1. The van der Waals surface area contributed by atoms with Crippen LogP contribution in [0.4, 0.5) is 4.79 Å². The normalized spacial score (nSPS) is 30.3. The van der Waals surface area contributed by atoms with Gasteiger partial charge in [-0.2, -0.15) is 0 Å². The largest absolute Gasteiger partial charge is 0.446 e. The number of allylic oxidation sites excluding steroid dienone is 1. The van der Waals surface area contributed by atoms with Gasteiger partial charge in [0.15, 0.2) is 0 Å². The van der Waals surface area contributed by atoms with Crippen LogP contribution in [0.25, 0.3) is 0 Å². The molecule has 4 rings (SSSR count). The highest BCUT2D eigenvalue weighted by Crippen LogP contribution is 2.67. The second-order valence-corrected chi connectivity index (χ2v) is 16.3. The summed E-state index contributed by atoms with van der Waals surface area (Å²) in [4.78, 5) is 15.3. The molecule has 0 aromatic heterocycles. The van der Waals surface area contributed by atoms with E-state index in [1.165, 1.54) is 51.4 Å². The van der Waals surface area contributed by atoms with E-state index in [0.29, 0.717) is 18.5 Å². The molecule has 4 aliphatic carbocycles. The Morgan fingerprint density at radius 1 is 0.857 bits per heavy atom. The van der Waals surface area contributed by atoms with Gasteiger partial charge in [0, 0.05) is 19.5 Å². The van der Waals surface area contributed by atoms with E-state index in [2.05, 4.69) is 46.0 Å². The molecule has 0 aromatic carbocycles. The van der Waals surface area contributed by atoms with E-state index in [9.17, 15) is 4.79 Å². The summed E-state index contributed by atoms with van der Waals surface area (Å²) < 4.78 is 6.24. The Morgan fingerprint density at radius 3 is 2.20 bits per heavy atom. The summed E-state index contributed by atoms with van der Waals surface area (Å²) in [6, 6.07) is 0. The van der Waals surface area contributed by atoms with E-state index in [0.717, 1.165) is 107 Å². The Balaban J connectivity index is 0. The number of halogens is 5. The van der Waals surface area contributed by atoms with Crippen molar-refractivity contribution in [3.63, 3.8) is 0 Å². The van der Waals surface area contributed by atoms with Crippen molar-refractivity contribution in [2.45, 2.75) is 137 Å². The van der Waals surface area contributed by atoms with Gasteiger partial charge in [-0.25, -0.2) is 4.79 Å². The van der Waals surface area contributed by atoms with Gasteiger partial charge >= 0.3 is 6.09 Å². The molecule has 0 bridgehead atoms. The van der Waals surface area contributed by atoms with E-state index in [-0.39, 0.29) is 79.6 Å². The summed E-state index contributed by atoms with van der Waals surface area (Å²) in [5.74, 6) is 5.11. The van der Waals surface area contributed by atoms with Crippen molar-refractivity contribution < 1.29 is 9.53 Å². The molecule has 3 saturated carbocycles. The highest BCUT2D eigenvalue weighted by atomic mass is 35.5. The monoisotopic (exact) mass is 794 g/mol. The molecule has 0 radical (unpaired) electrons. The van der Waals surface area contributed by atoms with Crippen LogP contribution in [0.2, 0.25) is 0 Å².